The molecule has 1 aliphatic heterocycles. The SMILES string of the molecule is COc1ccc(C2=N/C(=C\c3ccccc3OC(F)F)C(=O)O2)cc1OC. The molecule has 0 amide bonds. The number of hydrogen-bond donors (Lipinski definition) is 0. The molecule has 8 heteroatoms. The minimum atomic E-state index is -2.98. The van der Waals surface area contributed by atoms with Gasteiger partial charge in [0.2, 0.25) is 5.90 Å². The van der Waals surface area contributed by atoms with E-state index in [2.05, 4.69) is 9.73 Å². The molecule has 2 aromatic rings. The van der Waals surface area contributed by atoms with E-state index in [0.29, 0.717) is 17.1 Å². The number of hydrogen-bond acceptors (Lipinski definition) is 6. The summed E-state index contributed by atoms with van der Waals surface area (Å²) >= 11 is 0. The average molecular weight is 375 g/mol. The van der Waals surface area contributed by atoms with Crippen molar-refractivity contribution in [3.63, 3.8) is 0 Å². The summed E-state index contributed by atoms with van der Waals surface area (Å²) in [6.07, 6.45) is 1.33. The number of cyclic esters (lactones) is 1. The molecule has 140 valence electrons. The zero-order valence-corrected chi connectivity index (χ0v) is 14.4. The highest BCUT2D eigenvalue weighted by Gasteiger charge is 2.25. The van der Waals surface area contributed by atoms with Gasteiger partial charge in [0, 0.05) is 11.1 Å². The van der Waals surface area contributed by atoms with Gasteiger partial charge in [-0.15, -0.1) is 0 Å². The number of ether oxygens (including phenoxy) is 4. The smallest absolute Gasteiger partial charge is 0.387 e. The highest BCUT2D eigenvalue weighted by Crippen LogP contribution is 2.30. The molecule has 3 rings (SSSR count). The van der Waals surface area contributed by atoms with Gasteiger partial charge in [0.25, 0.3) is 0 Å². The number of carbonyl (C=O) groups excluding carboxylic acids is 1. The van der Waals surface area contributed by atoms with Crippen molar-refractivity contribution in [3.05, 3.63) is 59.3 Å². The van der Waals surface area contributed by atoms with Gasteiger partial charge in [-0.25, -0.2) is 9.79 Å². The molecule has 0 N–H and O–H groups in total. The predicted molar refractivity (Wildman–Crippen MR) is 93.2 cm³/mol. The molecular formula is C19H15F2NO5. The van der Waals surface area contributed by atoms with Crippen molar-refractivity contribution in [2.45, 2.75) is 6.61 Å². The Hall–Kier alpha value is -3.42. The maximum atomic E-state index is 12.5. The van der Waals surface area contributed by atoms with E-state index in [9.17, 15) is 13.6 Å². The quantitative estimate of drug-likeness (QED) is 0.570. The molecule has 0 unspecified atom stereocenters. The zero-order valence-electron chi connectivity index (χ0n) is 14.4. The van der Waals surface area contributed by atoms with Gasteiger partial charge in [0.05, 0.1) is 14.2 Å². The third-order valence-corrected chi connectivity index (χ3v) is 3.68. The lowest BCUT2D eigenvalue weighted by molar-refractivity contribution is -0.129. The third kappa shape index (κ3) is 4.05. The first-order valence-electron chi connectivity index (χ1n) is 7.80. The first kappa shape index (κ1) is 18.4. The standard InChI is InChI=1S/C19H15F2NO5/c1-24-15-8-7-12(10-16(15)25-2)17-22-13(18(23)27-17)9-11-5-3-4-6-14(11)26-19(20)21/h3-10,19H,1-2H3/b13-9-. The van der Waals surface area contributed by atoms with E-state index in [4.69, 9.17) is 14.2 Å². The Kier molecular flexibility index (Phi) is 5.35. The largest absolute Gasteiger partial charge is 0.493 e. The van der Waals surface area contributed by atoms with Crippen LogP contribution < -0.4 is 14.2 Å². The van der Waals surface area contributed by atoms with E-state index in [0.717, 1.165) is 0 Å². The van der Waals surface area contributed by atoms with Gasteiger partial charge >= 0.3 is 12.6 Å². The molecule has 0 spiro atoms. The van der Waals surface area contributed by atoms with Crippen molar-refractivity contribution in [1.82, 2.24) is 0 Å². The topological polar surface area (TPSA) is 66.4 Å². The Morgan fingerprint density at radius 2 is 1.78 bits per heavy atom. The number of nitrogens with zero attached hydrogens (tertiary/aromatic N) is 1. The van der Waals surface area contributed by atoms with Crippen molar-refractivity contribution >= 4 is 17.9 Å². The zero-order chi connectivity index (χ0) is 19.4. The Balaban J connectivity index is 1.94. The van der Waals surface area contributed by atoms with E-state index in [1.54, 1.807) is 30.3 Å². The molecule has 0 aromatic heterocycles. The molecule has 0 saturated heterocycles. The second kappa shape index (κ2) is 7.86. The molecule has 0 fully saturated rings. The second-order valence-corrected chi connectivity index (χ2v) is 5.32. The van der Waals surface area contributed by atoms with Crippen LogP contribution in [0.3, 0.4) is 0 Å². The van der Waals surface area contributed by atoms with Crippen molar-refractivity contribution in [1.29, 1.82) is 0 Å². The second-order valence-electron chi connectivity index (χ2n) is 5.32. The fourth-order valence-corrected chi connectivity index (χ4v) is 2.45. The number of alkyl halides is 2. The van der Waals surface area contributed by atoms with Gasteiger partial charge < -0.3 is 18.9 Å². The summed E-state index contributed by atoms with van der Waals surface area (Å²) in [5, 5.41) is 0. The molecule has 0 bridgehead atoms. The van der Waals surface area contributed by atoms with Crippen LogP contribution in [-0.4, -0.2) is 32.7 Å². The van der Waals surface area contributed by atoms with E-state index in [-0.39, 0.29) is 22.9 Å². The minimum absolute atomic E-state index is 0.0369. The van der Waals surface area contributed by atoms with Crippen LogP contribution in [0.2, 0.25) is 0 Å². The van der Waals surface area contributed by atoms with Crippen molar-refractivity contribution in [3.8, 4) is 17.2 Å². The molecule has 27 heavy (non-hydrogen) atoms. The molecule has 0 aliphatic carbocycles. The first-order chi connectivity index (χ1) is 13.0. The van der Waals surface area contributed by atoms with Gasteiger partial charge in [0.1, 0.15) is 5.75 Å². The number of esters is 1. The number of carbonyl (C=O) groups is 1. The predicted octanol–water partition coefficient (Wildman–Crippen LogP) is 3.65. The molecule has 2 aromatic carbocycles. The summed E-state index contributed by atoms with van der Waals surface area (Å²) < 4.78 is 45.1. The number of halogens is 2. The number of para-hydroxylation sites is 1. The summed E-state index contributed by atoms with van der Waals surface area (Å²) in [6, 6.07) is 11.0. The highest BCUT2D eigenvalue weighted by atomic mass is 19.3. The Morgan fingerprint density at radius 3 is 2.48 bits per heavy atom. The van der Waals surface area contributed by atoms with Crippen LogP contribution in [0.1, 0.15) is 11.1 Å². The van der Waals surface area contributed by atoms with E-state index in [1.165, 1.54) is 32.4 Å². The van der Waals surface area contributed by atoms with Crippen LogP contribution in [0.25, 0.3) is 6.08 Å². The lowest BCUT2D eigenvalue weighted by Gasteiger charge is -2.08. The number of methoxy groups -OCH3 is 2. The van der Waals surface area contributed by atoms with Crippen LogP contribution in [0.15, 0.2) is 53.2 Å². The van der Waals surface area contributed by atoms with Gasteiger partial charge in [-0.3, -0.25) is 0 Å². The van der Waals surface area contributed by atoms with E-state index >= 15 is 0 Å². The Labute approximate surface area is 153 Å². The molecule has 0 atom stereocenters. The van der Waals surface area contributed by atoms with Crippen molar-refractivity contribution in [2.24, 2.45) is 4.99 Å². The molecular weight excluding hydrogens is 360 g/mol. The van der Waals surface area contributed by atoms with E-state index < -0.39 is 12.6 Å². The van der Waals surface area contributed by atoms with Crippen LogP contribution >= 0.6 is 0 Å². The number of aliphatic imine (C=N–C) groups is 1. The summed E-state index contributed by atoms with van der Waals surface area (Å²) in [5.74, 6) is 0.260. The number of benzene rings is 2. The highest BCUT2D eigenvalue weighted by molar-refractivity contribution is 6.13. The van der Waals surface area contributed by atoms with Gasteiger partial charge in [-0.2, -0.15) is 8.78 Å². The molecule has 1 aliphatic rings. The van der Waals surface area contributed by atoms with Gasteiger partial charge in [-0.1, -0.05) is 18.2 Å². The van der Waals surface area contributed by atoms with E-state index in [1.807, 2.05) is 0 Å². The summed E-state index contributed by atoms with van der Waals surface area (Å²) in [6.45, 7) is -2.98. The first-order valence-corrected chi connectivity index (χ1v) is 7.80. The van der Waals surface area contributed by atoms with Crippen LogP contribution in [0.5, 0.6) is 17.2 Å². The average Bonchev–Trinajstić information content (AvgIpc) is 3.03. The third-order valence-electron chi connectivity index (χ3n) is 3.68. The summed E-state index contributed by atoms with van der Waals surface area (Å²) in [5.41, 5.74) is 0.744. The van der Waals surface area contributed by atoms with Crippen LogP contribution in [-0.2, 0) is 9.53 Å². The molecule has 0 saturated carbocycles. The Bertz CT molecular complexity index is 924. The van der Waals surface area contributed by atoms with Crippen LogP contribution in [0.4, 0.5) is 8.78 Å². The minimum Gasteiger partial charge on any atom is -0.493 e. The van der Waals surface area contributed by atoms with Crippen LogP contribution in [0, 0.1) is 0 Å². The normalized spacial score (nSPS) is 14.9. The number of rotatable bonds is 6. The monoisotopic (exact) mass is 375 g/mol. The van der Waals surface area contributed by atoms with Gasteiger partial charge in [0.15, 0.2) is 17.2 Å². The maximum Gasteiger partial charge on any atom is 0.387 e. The summed E-state index contributed by atoms with van der Waals surface area (Å²) in [7, 11) is 2.99. The fourth-order valence-electron chi connectivity index (χ4n) is 2.45. The Morgan fingerprint density at radius 1 is 1.04 bits per heavy atom. The fraction of sp³-hybridized carbons (Fsp3) is 0.158. The van der Waals surface area contributed by atoms with Crippen molar-refractivity contribution < 1.29 is 32.5 Å². The molecule has 0 radical (unpaired) electrons. The summed E-state index contributed by atoms with van der Waals surface area (Å²) in [4.78, 5) is 16.3. The van der Waals surface area contributed by atoms with Crippen molar-refractivity contribution in [2.75, 3.05) is 14.2 Å². The lowest BCUT2D eigenvalue weighted by Crippen LogP contribution is -2.06. The molecule has 6 nitrogen and oxygen atoms in total. The van der Waals surface area contributed by atoms with Gasteiger partial charge in [-0.05, 0) is 30.3 Å². The lowest BCUT2D eigenvalue weighted by atomic mass is 10.1. The molecule has 1 heterocycles. The maximum absolute atomic E-state index is 12.5.